The van der Waals surface area contributed by atoms with Gasteiger partial charge in [0, 0.05) is 12.6 Å². The second-order valence-corrected chi connectivity index (χ2v) is 4.85. The number of rotatable bonds is 6. The van der Waals surface area contributed by atoms with Gasteiger partial charge < -0.3 is 10.1 Å². The van der Waals surface area contributed by atoms with Gasteiger partial charge in [0.15, 0.2) is 0 Å². The fourth-order valence-electron chi connectivity index (χ4n) is 2.06. The molecule has 2 aromatic rings. The molecule has 0 aliphatic heterocycles. The maximum Gasteiger partial charge on any atom is 0.118 e. The molecule has 1 atom stereocenters. The van der Waals surface area contributed by atoms with Gasteiger partial charge in [-0.1, -0.05) is 49.0 Å². The van der Waals surface area contributed by atoms with Crippen molar-refractivity contribution in [3.8, 4) is 5.75 Å². The van der Waals surface area contributed by atoms with Crippen LogP contribution in [0.2, 0.25) is 0 Å². The molecule has 104 valence electrons. The molecule has 0 saturated heterocycles. The molecule has 0 unspecified atom stereocenters. The van der Waals surface area contributed by atoms with E-state index in [4.69, 9.17) is 4.74 Å². The molecule has 2 rings (SSSR count). The number of ether oxygens (including phenoxy) is 1. The van der Waals surface area contributed by atoms with Gasteiger partial charge in [0.05, 0.1) is 7.11 Å². The van der Waals surface area contributed by atoms with E-state index in [2.05, 4.69) is 43.1 Å². The molecule has 20 heavy (non-hydrogen) atoms. The van der Waals surface area contributed by atoms with Crippen molar-refractivity contribution < 1.29 is 4.74 Å². The molecule has 0 bridgehead atoms. The Bertz CT molecular complexity index is 545. The first kappa shape index (κ1) is 14.4. The van der Waals surface area contributed by atoms with Crippen molar-refractivity contribution >= 4 is 5.57 Å². The Hall–Kier alpha value is -2.06. The van der Waals surface area contributed by atoms with Gasteiger partial charge in [-0.25, -0.2) is 0 Å². The molecule has 2 aromatic carbocycles. The molecule has 2 nitrogen and oxygen atoms in total. The lowest BCUT2D eigenvalue weighted by molar-refractivity contribution is 0.414. The first-order valence-corrected chi connectivity index (χ1v) is 6.81. The molecule has 0 aliphatic carbocycles. The highest BCUT2D eigenvalue weighted by Crippen LogP contribution is 2.18. The van der Waals surface area contributed by atoms with E-state index in [1.807, 2.05) is 30.3 Å². The third-order valence-electron chi connectivity index (χ3n) is 3.42. The third-order valence-corrected chi connectivity index (χ3v) is 3.42. The monoisotopic (exact) mass is 267 g/mol. The van der Waals surface area contributed by atoms with E-state index in [0.29, 0.717) is 0 Å². The number of hydrogen-bond donors (Lipinski definition) is 1. The van der Waals surface area contributed by atoms with Crippen LogP contribution in [0.3, 0.4) is 0 Å². The zero-order chi connectivity index (χ0) is 14.4. The van der Waals surface area contributed by atoms with E-state index in [-0.39, 0.29) is 6.04 Å². The van der Waals surface area contributed by atoms with E-state index in [9.17, 15) is 0 Å². The predicted octanol–water partition coefficient (Wildman–Crippen LogP) is 4.06. The molecule has 0 fully saturated rings. The maximum atomic E-state index is 5.17. The summed E-state index contributed by atoms with van der Waals surface area (Å²) in [7, 11) is 1.68. The van der Waals surface area contributed by atoms with Crippen LogP contribution in [-0.4, -0.2) is 13.7 Å². The number of benzene rings is 2. The van der Waals surface area contributed by atoms with Crippen molar-refractivity contribution in [2.75, 3.05) is 13.7 Å². The van der Waals surface area contributed by atoms with Crippen LogP contribution < -0.4 is 10.1 Å². The van der Waals surface area contributed by atoms with Gasteiger partial charge >= 0.3 is 0 Å². The molecule has 2 heteroatoms. The zero-order valence-electron chi connectivity index (χ0n) is 12.1. The first-order valence-electron chi connectivity index (χ1n) is 6.81. The Balaban J connectivity index is 1.91. The minimum Gasteiger partial charge on any atom is -0.497 e. The summed E-state index contributed by atoms with van der Waals surface area (Å²) in [5.41, 5.74) is 3.53. The third kappa shape index (κ3) is 3.72. The average molecular weight is 267 g/mol. The fourth-order valence-corrected chi connectivity index (χ4v) is 2.06. The molecule has 0 saturated carbocycles. The van der Waals surface area contributed by atoms with E-state index in [1.54, 1.807) is 7.11 Å². The first-order chi connectivity index (χ1) is 9.70. The van der Waals surface area contributed by atoms with E-state index in [0.717, 1.165) is 17.9 Å². The highest BCUT2D eigenvalue weighted by atomic mass is 16.5. The molecule has 0 aliphatic rings. The minimum atomic E-state index is 0.279. The summed E-state index contributed by atoms with van der Waals surface area (Å²) in [6, 6.07) is 18.7. The Morgan fingerprint density at radius 2 is 1.75 bits per heavy atom. The summed E-state index contributed by atoms with van der Waals surface area (Å²) in [6.07, 6.45) is 0. The average Bonchev–Trinajstić information content (AvgIpc) is 2.53. The van der Waals surface area contributed by atoms with Crippen LogP contribution in [0.5, 0.6) is 5.75 Å². The van der Waals surface area contributed by atoms with Crippen molar-refractivity contribution in [3.63, 3.8) is 0 Å². The highest BCUT2D eigenvalue weighted by molar-refractivity contribution is 5.64. The summed E-state index contributed by atoms with van der Waals surface area (Å²) >= 11 is 0. The van der Waals surface area contributed by atoms with Gasteiger partial charge in [0.1, 0.15) is 5.75 Å². The van der Waals surface area contributed by atoms with Crippen molar-refractivity contribution in [3.05, 3.63) is 72.3 Å². The van der Waals surface area contributed by atoms with Gasteiger partial charge in [-0.15, -0.1) is 0 Å². The minimum absolute atomic E-state index is 0.279. The molecule has 1 N–H and O–H groups in total. The fraction of sp³-hybridized carbons (Fsp3) is 0.222. The van der Waals surface area contributed by atoms with Crippen LogP contribution in [0, 0.1) is 0 Å². The lowest BCUT2D eigenvalue weighted by atomic mass is 10.1. The summed E-state index contributed by atoms with van der Waals surface area (Å²) in [6.45, 7) is 7.06. The van der Waals surface area contributed by atoms with Crippen LogP contribution >= 0.6 is 0 Å². The highest BCUT2D eigenvalue weighted by Gasteiger charge is 2.06. The Morgan fingerprint density at radius 3 is 2.35 bits per heavy atom. The van der Waals surface area contributed by atoms with E-state index >= 15 is 0 Å². The lowest BCUT2D eigenvalue weighted by Gasteiger charge is -2.16. The second-order valence-electron chi connectivity index (χ2n) is 4.85. The normalized spacial score (nSPS) is 11.9. The second kappa shape index (κ2) is 6.92. The number of methoxy groups -OCH3 is 1. The summed E-state index contributed by atoms with van der Waals surface area (Å²) in [4.78, 5) is 0. The number of nitrogens with one attached hydrogen (secondary N) is 1. The summed E-state index contributed by atoms with van der Waals surface area (Å²) in [5.74, 6) is 0.884. The van der Waals surface area contributed by atoms with Crippen LogP contribution in [0.25, 0.3) is 5.57 Å². The standard InChI is InChI=1S/C18H21NO/c1-14(16-7-5-4-6-8-16)13-19-15(2)17-9-11-18(20-3)12-10-17/h4-12,15,19H,1,13H2,2-3H3/t15-/m0/s1. The maximum absolute atomic E-state index is 5.17. The molecular formula is C18H21NO. The largest absolute Gasteiger partial charge is 0.497 e. The zero-order valence-corrected chi connectivity index (χ0v) is 12.1. The SMILES string of the molecule is C=C(CN[C@@H](C)c1ccc(OC)cc1)c1ccccc1. The summed E-state index contributed by atoms with van der Waals surface area (Å²) < 4.78 is 5.17. The van der Waals surface area contributed by atoms with E-state index < -0.39 is 0 Å². The van der Waals surface area contributed by atoms with Crippen LogP contribution in [-0.2, 0) is 0 Å². The molecule has 0 amide bonds. The van der Waals surface area contributed by atoms with Gasteiger partial charge in [-0.3, -0.25) is 0 Å². The van der Waals surface area contributed by atoms with Crippen LogP contribution in [0.1, 0.15) is 24.1 Å². The molecule has 0 heterocycles. The Labute approximate surface area is 121 Å². The van der Waals surface area contributed by atoms with Crippen molar-refractivity contribution in [2.45, 2.75) is 13.0 Å². The van der Waals surface area contributed by atoms with Gasteiger partial charge in [0.2, 0.25) is 0 Å². The smallest absolute Gasteiger partial charge is 0.118 e. The van der Waals surface area contributed by atoms with Crippen LogP contribution in [0.15, 0.2) is 61.2 Å². The Morgan fingerprint density at radius 1 is 1.10 bits per heavy atom. The van der Waals surface area contributed by atoms with Gasteiger partial charge in [-0.2, -0.15) is 0 Å². The number of hydrogen-bond acceptors (Lipinski definition) is 2. The molecule has 0 spiro atoms. The topological polar surface area (TPSA) is 21.3 Å². The van der Waals surface area contributed by atoms with Crippen LogP contribution in [0.4, 0.5) is 0 Å². The van der Waals surface area contributed by atoms with Crippen molar-refractivity contribution in [1.29, 1.82) is 0 Å². The summed E-state index contributed by atoms with van der Waals surface area (Å²) in [5, 5.41) is 3.49. The van der Waals surface area contributed by atoms with Gasteiger partial charge in [-0.05, 0) is 35.8 Å². The molecule has 0 radical (unpaired) electrons. The molecule has 0 aromatic heterocycles. The van der Waals surface area contributed by atoms with Crippen molar-refractivity contribution in [1.82, 2.24) is 5.32 Å². The predicted molar refractivity (Wildman–Crippen MR) is 84.9 cm³/mol. The Kier molecular flexibility index (Phi) is 4.97. The van der Waals surface area contributed by atoms with Crippen molar-refractivity contribution in [2.24, 2.45) is 0 Å². The lowest BCUT2D eigenvalue weighted by Crippen LogP contribution is -2.20. The van der Waals surface area contributed by atoms with E-state index in [1.165, 1.54) is 11.1 Å². The molecular weight excluding hydrogens is 246 g/mol. The van der Waals surface area contributed by atoms with Gasteiger partial charge in [0.25, 0.3) is 0 Å². The quantitative estimate of drug-likeness (QED) is 0.852.